The molecule has 192 valence electrons. The summed E-state index contributed by atoms with van der Waals surface area (Å²) in [6, 6.07) is 0. The summed E-state index contributed by atoms with van der Waals surface area (Å²) in [6.45, 7) is 27.9. The van der Waals surface area contributed by atoms with Crippen molar-refractivity contribution >= 4 is 33.8 Å². The molecule has 0 amide bonds. The molecule has 0 aromatic carbocycles. The maximum absolute atomic E-state index is 12.6. The SMILES string of the molecule is C=CC(=O)SCC[N+](CC)(CCC)CCCCC(=C)C(=O)SCC[N+](CC)(CCC)CCC. The summed E-state index contributed by atoms with van der Waals surface area (Å²) in [5.74, 6) is 1.73. The lowest BCUT2D eigenvalue weighted by atomic mass is 10.1. The number of carbonyl (C=O) groups excluding carboxylic acids is 2. The van der Waals surface area contributed by atoms with Crippen LogP contribution in [0.1, 0.15) is 73.1 Å². The van der Waals surface area contributed by atoms with Gasteiger partial charge in [-0.25, -0.2) is 0 Å². The molecule has 1 unspecified atom stereocenters. The van der Waals surface area contributed by atoms with Crippen LogP contribution in [-0.4, -0.2) is 83.1 Å². The molecule has 0 aromatic rings. The summed E-state index contributed by atoms with van der Waals surface area (Å²) in [5.41, 5.74) is 0.776. The van der Waals surface area contributed by atoms with E-state index in [9.17, 15) is 9.59 Å². The Morgan fingerprint density at radius 3 is 1.67 bits per heavy atom. The molecule has 0 rings (SSSR count). The van der Waals surface area contributed by atoms with Gasteiger partial charge in [-0.1, -0.05) is 57.5 Å². The third-order valence-electron chi connectivity index (χ3n) is 6.86. The summed E-state index contributed by atoms with van der Waals surface area (Å²) in [6.07, 6.45) is 7.82. The van der Waals surface area contributed by atoms with Crippen molar-refractivity contribution in [3.8, 4) is 0 Å². The smallest absolute Gasteiger partial charge is 0.214 e. The fourth-order valence-electron chi connectivity index (χ4n) is 4.76. The Balaban J connectivity index is 4.50. The Morgan fingerprint density at radius 1 is 0.727 bits per heavy atom. The highest BCUT2D eigenvalue weighted by molar-refractivity contribution is 8.14. The largest absolute Gasteiger partial charge is 0.323 e. The molecule has 0 bridgehead atoms. The first-order valence-electron chi connectivity index (χ1n) is 13.1. The fourth-order valence-corrected chi connectivity index (χ4v) is 6.53. The van der Waals surface area contributed by atoms with Crippen LogP contribution in [0.2, 0.25) is 0 Å². The molecular formula is C27H52N2O2S2+2. The minimum absolute atomic E-state index is 0.0624. The molecule has 0 aliphatic rings. The molecule has 0 aliphatic carbocycles. The van der Waals surface area contributed by atoms with Crippen LogP contribution in [0.15, 0.2) is 24.8 Å². The van der Waals surface area contributed by atoms with Crippen LogP contribution in [0, 0.1) is 0 Å². The van der Waals surface area contributed by atoms with Gasteiger partial charge in [-0.05, 0) is 64.0 Å². The number of rotatable bonds is 21. The van der Waals surface area contributed by atoms with Crippen LogP contribution in [0.25, 0.3) is 0 Å². The normalized spacial score (nSPS) is 13.5. The lowest BCUT2D eigenvalue weighted by molar-refractivity contribution is -0.924. The van der Waals surface area contributed by atoms with Crippen molar-refractivity contribution in [3.63, 3.8) is 0 Å². The number of quaternary nitrogens is 2. The molecule has 0 N–H and O–H groups in total. The monoisotopic (exact) mass is 500 g/mol. The maximum atomic E-state index is 12.6. The Bertz CT molecular complexity index is 589. The van der Waals surface area contributed by atoms with Crippen LogP contribution in [0.5, 0.6) is 0 Å². The van der Waals surface area contributed by atoms with Crippen molar-refractivity contribution in [2.45, 2.75) is 73.1 Å². The van der Waals surface area contributed by atoms with Crippen molar-refractivity contribution in [1.29, 1.82) is 0 Å². The van der Waals surface area contributed by atoms with Gasteiger partial charge in [0.2, 0.25) is 10.2 Å². The molecule has 0 spiro atoms. The fraction of sp³-hybridized carbons (Fsp3) is 0.778. The predicted octanol–water partition coefficient (Wildman–Crippen LogP) is 6.32. The predicted molar refractivity (Wildman–Crippen MR) is 150 cm³/mol. The minimum Gasteiger partial charge on any atom is -0.323 e. The van der Waals surface area contributed by atoms with E-state index in [0.29, 0.717) is 0 Å². The molecule has 6 heteroatoms. The van der Waals surface area contributed by atoms with Crippen molar-refractivity contribution in [2.75, 3.05) is 63.9 Å². The van der Waals surface area contributed by atoms with E-state index in [1.54, 1.807) is 0 Å². The average Bonchev–Trinajstić information content (AvgIpc) is 2.81. The van der Waals surface area contributed by atoms with Crippen LogP contribution < -0.4 is 0 Å². The van der Waals surface area contributed by atoms with Gasteiger partial charge in [0.25, 0.3) is 0 Å². The van der Waals surface area contributed by atoms with E-state index in [1.807, 2.05) is 0 Å². The van der Waals surface area contributed by atoms with Gasteiger partial charge >= 0.3 is 0 Å². The molecule has 4 nitrogen and oxygen atoms in total. The van der Waals surface area contributed by atoms with Gasteiger partial charge in [0.1, 0.15) is 0 Å². The molecule has 0 heterocycles. The number of unbranched alkanes of at least 4 members (excludes halogenated alkanes) is 1. The lowest BCUT2D eigenvalue weighted by Crippen LogP contribution is -2.50. The summed E-state index contributed by atoms with van der Waals surface area (Å²) in [5, 5.41) is 0.244. The topological polar surface area (TPSA) is 34.1 Å². The zero-order valence-electron chi connectivity index (χ0n) is 22.3. The molecule has 0 fully saturated rings. The maximum Gasteiger partial charge on any atom is 0.214 e. The average molecular weight is 501 g/mol. The Morgan fingerprint density at radius 2 is 1.21 bits per heavy atom. The first-order valence-corrected chi connectivity index (χ1v) is 15.1. The van der Waals surface area contributed by atoms with E-state index in [2.05, 4.69) is 47.8 Å². The third kappa shape index (κ3) is 13.2. The second kappa shape index (κ2) is 18.7. The van der Waals surface area contributed by atoms with Gasteiger partial charge in [0.05, 0.1) is 63.9 Å². The molecule has 0 radical (unpaired) electrons. The van der Waals surface area contributed by atoms with Crippen molar-refractivity contribution in [3.05, 3.63) is 24.8 Å². The van der Waals surface area contributed by atoms with Gasteiger partial charge in [-0.15, -0.1) is 0 Å². The Hall–Kier alpha value is -0.560. The highest BCUT2D eigenvalue weighted by Gasteiger charge is 2.25. The summed E-state index contributed by atoms with van der Waals surface area (Å²) < 4.78 is 2.18. The first-order chi connectivity index (χ1) is 15.8. The van der Waals surface area contributed by atoms with Gasteiger partial charge in [-0.2, -0.15) is 0 Å². The van der Waals surface area contributed by atoms with Gasteiger partial charge in [0.15, 0.2) is 0 Å². The quantitative estimate of drug-likeness (QED) is 0.105. The summed E-state index contributed by atoms with van der Waals surface area (Å²) in [7, 11) is 0. The molecule has 1 atom stereocenters. The minimum atomic E-state index is 0.0624. The van der Waals surface area contributed by atoms with E-state index < -0.39 is 0 Å². The standard InChI is InChI=1S/C27H52N2O2S2/c1-8-17-28(12-5,18-9-2)22-24-33-27(31)25(7)16-14-15-20-29(13-6,19-10-3)21-23-32-26(30)11-4/h11H,4,7-10,12-24H2,1-3,5-6H3/q+2. The number of carbonyl (C=O) groups is 2. The number of hydrogen-bond donors (Lipinski definition) is 0. The third-order valence-corrected chi connectivity index (χ3v) is 8.64. The van der Waals surface area contributed by atoms with Gasteiger partial charge < -0.3 is 8.97 Å². The highest BCUT2D eigenvalue weighted by Crippen LogP contribution is 2.20. The molecule has 0 aliphatic heterocycles. The highest BCUT2D eigenvalue weighted by atomic mass is 32.2. The zero-order valence-corrected chi connectivity index (χ0v) is 24.0. The lowest BCUT2D eigenvalue weighted by Gasteiger charge is -2.38. The van der Waals surface area contributed by atoms with E-state index in [1.165, 1.54) is 55.5 Å². The van der Waals surface area contributed by atoms with Gasteiger partial charge in [0, 0.05) is 0 Å². The van der Waals surface area contributed by atoms with E-state index >= 15 is 0 Å². The van der Waals surface area contributed by atoms with Crippen LogP contribution >= 0.6 is 23.5 Å². The van der Waals surface area contributed by atoms with Crippen molar-refractivity contribution < 1.29 is 18.6 Å². The number of nitrogens with zero attached hydrogens (tertiary/aromatic N) is 2. The van der Waals surface area contributed by atoms with E-state index in [-0.39, 0.29) is 10.2 Å². The van der Waals surface area contributed by atoms with E-state index in [0.717, 1.165) is 91.0 Å². The molecular weight excluding hydrogens is 448 g/mol. The van der Waals surface area contributed by atoms with Crippen molar-refractivity contribution in [1.82, 2.24) is 0 Å². The van der Waals surface area contributed by atoms with Gasteiger partial charge in [-0.3, -0.25) is 9.59 Å². The van der Waals surface area contributed by atoms with Crippen molar-refractivity contribution in [2.24, 2.45) is 0 Å². The number of hydrogen-bond acceptors (Lipinski definition) is 4. The van der Waals surface area contributed by atoms with Crippen LogP contribution in [0.4, 0.5) is 0 Å². The Kier molecular flexibility index (Phi) is 18.4. The van der Waals surface area contributed by atoms with E-state index in [4.69, 9.17) is 0 Å². The number of thioether (sulfide) groups is 2. The summed E-state index contributed by atoms with van der Waals surface area (Å²) >= 11 is 2.84. The second-order valence-corrected chi connectivity index (χ2v) is 11.4. The molecule has 0 saturated carbocycles. The first kappa shape index (κ1) is 32.4. The van der Waals surface area contributed by atoms with Crippen LogP contribution in [0.3, 0.4) is 0 Å². The zero-order chi connectivity index (χ0) is 25.2. The summed E-state index contributed by atoms with van der Waals surface area (Å²) in [4.78, 5) is 24.2. The molecule has 0 aromatic heterocycles. The van der Waals surface area contributed by atoms with Crippen LogP contribution in [-0.2, 0) is 9.59 Å². The Labute approximate surface area is 213 Å². The molecule has 0 saturated heterocycles. The second-order valence-electron chi connectivity index (χ2n) is 9.23. The molecule has 33 heavy (non-hydrogen) atoms.